The molecule has 164 valence electrons. The first-order valence-corrected chi connectivity index (χ1v) is 11.1. The van der Waals surface area contributed by atoms with Gasteiger partial charge in [0.25, 0.3) is 5.91 Å². The molecule has 1 saturated heterocycles. The van der Waals surface area contributed by atoms with Gasteiger partial charge < -0.3 is 19.7 Å². The number of benzene rings is 1. The third-order valence-corrected chi connectivity index (χ3v) is 5.61. The van der Waals surface area contributed by atoms with Crippen molar-refractivity contribution in [1.82, 2.24) is 10.2 Å². The zero-order chi connectivity index (χ0) is 21.5. The number of amides is 2. The molecule has 1 aliphatic carbocycles. The van der Waals surface area contributed by atoms with E-state index in [-0.39, 0.29) is 42.4 Å². The highest BCUT2D eigenvalue weighted by Crippen LogP contribution is 2.33. The van der Waals surface area contributed by atoms with Crippen LogP contribution in [0.3, 0.4) is 0 Å². The van der Waals surface area contributed by atoms with Gasteiger partial charge in [-0.15, -0.1) is 0 Å². The predicted octanol–water partition coefficient (Wildman–Crippen LogP) is 3.78. The van der Waals surface area contributed by atoms with Gasteiger partial charge in [0.1, 0.15) is 12.6 Å². The molecule has 2 aliphatic rings. The number of carbonyl (C=O) groups is 2. The summed E-state index contributed by atoms with van der Waals surface area (Å²) in [5.74, 6) is -0.115. The molecular weight excluding hydrogens is 404 g/mol. The average molecular weight is 435 g/mol. The molecule has 1 aromatic rings. The van der Waals surface area contributed by atoms with Crippen LogP contribution >= 0.6 is 11.6 Å². The van der Waals surface area contributed by atoms with E-state index in [1.807, 2.05) is 26.0 Å². The Bertz CT molecular complexity index is 780. The van der Waals surface area contributed by atoms with Gasteiger partial charge in [0.05, 0.1) is 12.1 Å². The fraction of sp³-hybridized carbons (Fsp3) is 0.565. The minimum atomic E-state index is -0.239. The maximum Gasteiger partial charge on any atom is 0.289 e. The van der Waals surface area contributed by atoms with Crippen molar-refractivity contribution >= 4 is 29.5 Å². The summed E-state index contributed by atoms with van der Waals surface area (Å²) in [5, 5.41) is 3.50. The van der Waals surface area contributed by atoms with Crippen LogP contribution in [0.25, 0.3) is 6.08 Å². The van der Waals surface area contributed by atoms with Crippen molar-refractivity contribution in [3.63, 3.8) is 0 Å². The van der Waals surface area contributed by atoms with Crippen LogP contribution in [-0.4, -0.2) is 54.7 Å². The van der Waals surface area contributed by atoms with E-state index in [0.29, 0.717) is 18.2 Å². The normalized spacial score (nSPS) is 22.7. The topological polar surface area (TPSA) is 67.9 Å². The van der Waals surface area contributed by atoms with Gasteiger partial charge in [0, 0.05) is 18.2 Å². The lowest BCUT2D eigenvalue weighted by Crippen LogP contribution is -2.57. The van der Waals surface area contributed by atoms with E-state index in [0.717, 1.165) is 37.7 Å². The van der Waals surface area contributed by atoms with Gasteiger partial charge in [-0.2, -0.15) is 0 Å². The summed E-state index contributed by atoms with van der Waals surface area (Å²) in [4.78, 5) is 27.4. The molecule has 30 heavy (non-hydrogen) atoms. The van der Waals surface area contributed by atoms with Crippen LogP contribution in [0.5, 0.6) is 0 Å². The number of nitrogens with zero attached hydrogens (tertiary/aromatic N) is 1. The van der Waals surface area contributed by atoms with Crippen LogP contribution in [0.2, 0.25) is 5.02 Å². The maximum absolute atomic E-state index is 13.2. The summed E-state index contributed by atoms with van der Waals surface area (Å²) in [6.07, 6.45) is 6.41. The van der Waals surface area contributed by atoms with Crippen LogP contribution in [-0.2, 0) is 19.1 Å². The van der Waals surface area contributed by atoms with Crippen molar-refractivity contribution in [2.45, 2.75) is 64.2 Å². The Labute approximate surface area is 183 Å². The number of ether oxygens (including phenoxy) is 2. The highest BCUT2D eigenvalue weighted by molar-refractivity contribution is 6.30. The van der Waals surface area contributed by atoms with E-state index >= 15 is 0 Å². The molecule has 6 nitrogen and oxygen atoms in total. The van der Waals surface area contributed by atoms with Gasteiger partial charge in [-0.25, -0.2) is 0 Å². The Balaban J connectivity index is 1.66. The molecule has 7 heteroatoms. The van der Waals surface area contributed by atoms with Crippen LogP contribution in [0, 0.1) is 0 Å². The third-order valence-electron chi connectivity index (χ3n) is 5.37. The number of hydrogen-bond donors (Lipinski definition) is 1. The van der Waals surface area contributed by atoms with Crippen LogP contribution in [0.4, 0.5) is 0 Å². The zero-order valence-electron chi connectivity index (χ0n) is 17.7. The standard InChI is InChI=1S/C23H31ClN2O4/c1-16(2)29-12-6-11-25-22(27)15-26-19-9-3-4-10-20(19)30-21(23(26)28)14-17-7-5-8-18(24)13-17/h5,7-8,13-14,16,19-20H,3-4,6,9-12,15H2,1-2H3,(H,25,27)/b21-14+. The van der Waals surface area contributed by atoms with Crippen LogP contribution in [0.15, 0.2) is 30.0 Å². The molecule has 1 aromatic carbocycles. The van der Waals surface area contributed by atoms with Gasteiger partial charge in [0.2, 0.25) is 5.91 Å². The first-order chi connectivity index (χ1) is 14.4. The molecule has 1 aliphatic heterocycles. The molecule has 0 radical (unpaired) electrons. The monoisotopic (exact) mass is 434 g/mol. The molecule has 0 spiro atoms. The summed E-state index contributed by atoms with van der Waals surface area (Å²) >= 11 is 6.07. The van der Waals surface area contributed by atoms with Gasteiger partial charge >= 0.3 is 0 Å². The number of rotatable bonds is 8. The lowest BCUT2D eigenvalue weighted by Gasteiger charge is -2.44. The van der Waals surface area contributed by atoms with E-state index in [1.165, 1.54) is 0 Å². The molecule has 2 fully saturated rings. The van der Waals surface area contributed by atoms with E-state index in [2.05, 4.69) is 5.32 Å². The molecule has 0 aromatic heterocycles. The lowest BCUT2D eigenvalue weighted by atomic mass is 9.89. The molecule has 2 atom stereocenters. The van der Waals surface area contributed by atoms with E-state index in [1.54, 1.807) is 23.1 Å². The first kappa shape index (κ1) is 22.6. The minimum Gasteiger partial charge on any atom is -0.482 e. The molecule has 0 bridgehead atoms. The zero-order valence-corrected chi connectivity index (χ0v) is 18.5. The predicted molar refractivity (Wildman–Crippen MR) is 117 cm³/mol. The molecule has 2 unspecified atom stereocenters. The number of halogens is 1. The summed E-state index contributed by atoms with van der Waals surface area (Å²) in [7, 11) is 0. The Morgan fingerprint density at radius 1 is 1.37 bits per heavy atom. The van der Waals surface area contributed by atoms with Crippen molar-refractivity contribution in [3.8, 4) is 0 Å². The Kier molecular flexibility index (Phi) is 8.16. The van der Waals surface area contributed by atoms with Gasteiger partial charge in [-0.05, 0) is 63.3 Å². The number of carbonyl (C=O) groups excluding carboxylic acids is 2. The van der Waals surface area contributed by atoms with Crippen LogP contribution in [0.1, 0.15) is 51.5 Å². The Morgan fingerprint density at radius 2 is 2.17 bits per heavy atom. The van der Waals surface area contributed by atoms with Crippen molar-refractivity contribution in [3.05, 3.63) is 40.6 Å². The molecular formula is C23H31ClN2O4. The second-order valence-electron chi connectivity index (χ2n) is 8.13. The van der Waals surface area contributed by atoms with Gasteiger partial charge in [-0.3, -0.25) is 9.59 Å². The molecule has 2 amide bonds. The Morgan fingerprint density at radius 3 is 2.93 bits per heavy atom. The van der Waals surface area contributed by atoms with Gasteiger partial charge in [0.15, 0.2) is 5.76 Å². The van der Waals surface area contributed by atoms with Crippen molar-refractivity contribution in [2.75, 3.05) is 19.7 Å². The largest absolute Gasteiger partial charge is 0.482 e. The van der Waals surface area contributed by atoms with E-state index < -0.39 is 0 Å². The van der Waals surface area contributed by atoms with Crippen molar-refractivity contribution < 1.29 is 19.1 Å². The lowest BCUT2D eigenvalue weighted by molar-refractivity contribution is -0.151. The van der Waals surface area contributed by atoms with Crippen molar-refractivity contribution in [2.24, 2.45) is 0 Å². The molecule has 3 rings (SSSR count). The first-order valence-electron chi connectivity index (χ1n) is 10.8. The number of nitrogens with one attached hydrogen (secondary N) is 1. The highest BCUT2D eigenvalue weighted by Gasteiger charge is 2.42. The summed E-state index contributed by atoms with van der Waals surface area (Å²) < 4.78 is 11.6. The SMILES string of the molecule is CC(C)OCCCNC(=O)CN1C(=O)/C(=C\c2cccc(Cl)c2)OC2CCCCC21. The smallest absolute Gasteiger partial charge is 0.289 e. The fourth-order valence-electron chi connectivity index (χ4n) is 3.94. The van der Waals surface area contributed by atoms with Crippen LogP contribution < -0.4 is 5.32 Å². The highest BCUT2D eigenvalue weighted by atomic mass is 35.5. The molecule has 1 N–H and O–H groups in total. The van der Waals surface area contributed by atoms with E-state index in [4.69, 9.17) is 21.1 Å². The fourth-order valence-corrected chi connectivity index (χ4v) is 4.14. The molecule has 1 heterocycles. The minimum absolute atomic E-state index is 0.0429. The number of morpholine rings is 1. The van der Waals surface area contributed by atoms with Crippen molar-refractivity contribution in [1.29, 1.82) is 0 Å². The molecule has 1 saturated carbocycles. The summed E-state index contributed by atoms with van der Waals surface area (Å²) in [5.41, 5.74) is 0.801. The summed E-state index contributed by atoms with van der Waals surface area (Å²) in [6.45, 7) is 5.14. The number of fused-ring (bicyclic) bond motifs is 1. The van der Waals surface area contributed by atoms with E-state index in [9.17, 15) is 9.59 Å². The average Bonchev–Trinajstić information content (AvgIpc) is 2.70. The number of hydrogen-bond acceptors (Lipinski definition) is 4. The Hall–Kier alpha value is -2.05. The quantitative estimate of drug-likeness (QED) is 0.499. The van der Waals surface area contributed by atoms with Gasteiger partial charge in [-0.1, -0.05) is 30.2 Å². The maximum atomic E-state index is 13.2. The second-order valence-corrected chi connectivity index (χ2v) is 8.56. The second kappa shape index (κ2) is 10.8. The third kappa shape index (κ3) is 6.22. The summed E-state index contributed by atoms with van der Waals surface area (Å²) in [6, 6.07) is 7.22.